The highest BCUT2D eigenvalue weighted by atomic mass is 79.9. The summed E-state index contributed by atoms with van der Waals surface area (Å²) >= 11 is 3.26. The van der Waals surface area contributed by atoms with Crippen molar-refractivity contribution in [2.75, 3.05) is 6.61 Å². The van der Waals surface area contributed by atoms with E-state index in [9.17, 15) is 10.2 Å². The van der Waals surface area contributed by atoms with Crippen LogP contribution < -0.4 is 0 Å². The summed E-state index contributed by atoms with van der Waals surface area (Å²) < 4.78 is 6.13. The topological polar surface area (TPSA) is 82.8 Å². The van der Waals surface area contributed by atoms with Crippen LogP contribution in [0.5, 0.6) is 0 Å². The van der Waals surface area contributed by atoms with Crippen molar-refractivity contribution in [3.8, 4) is 0 Å². The van der Waals surface area contributed by atoms with Gasteiger partial charge in [0.25, 0.3) is 0 Å². The van der Waals surface area contributed by atoms with Gasteiger partial charge in [-0.15, -0.1) is 0 Å². The number of ether oxygens (including phenoxy) is 1. The third-order valence-corrected chi connectivity index (χ3v) is 3.03. The monoisotopic (exact) mass is 289 g/mol. The average molecular weight is 290 g/mol. The number of hydrogen-bond acceptors (Lipinski definition) is 5. The van der Waals surface area contributed by atoms with Crippen LogP contribution in [0, 0.1) is 0 Å². The number of aliphatic hydroxyl groups excluding tert-OH is 3. The van der Waals surface area contributed by atoms with E-state index in [0.29, 0.717) is 5.56 Å². The molecule has 0 radical (unpaired) electrons. The molecule has 3 N–H and O–H groups in total. The minimum Gasteiger partial charge on any atom is -0.394 e. The van der Waals surface area contributed by atoms with Gasteiger partial charge in [-0.2, -0.15) is 0 Å². The van der Waals surface area contributed by atoms with Crippen LogP contribution >= 0.6 is 15.9 Å². The minimum absolute atomic E-state index is 0.323. The molecule has 1 aliphatic heterocycles. The van der Waals surface area contributed by atoms with Gasteiger partial charge < -0.3 is 20.1 Å². The second-order valence-corrected chi connectivity index (χ2v) is 4.61. The van der Waals surface area contributed by atoms with Crippen molar-refractivity contribution < 1.29 is 20.1 Å². The number of hydrogen-bond donors (Lipinski definition) is 3. The number of pyridine rings is 1. The molecule has 0 saturated carbocycles. The molecule has 16 heavy (non-hydrogen) atoms. The summed E-state index contributed by atoms with van der Waals surface area (Å²) in [6, 6.07) is 1.76. The summed E-state index contributed by atoms with van der Waals surface area (Å²) in [5.74, 6) is 0. The molecule has 0 unspecified atom stereocenters. The lowest BCUT2D eigenvalue weighted by Gasteiger charge is -2.14. The van der Waals surface area contributed by atoms with Crippen LogP contribution in [0.1, 0.15) is 11.7 Å². The SMILES string of the molecule is OC[C@H]1O[C@@H](c2cncc(Br)c2)[C@@H](O)[C@@H]1O. The Morgan fingerprint density at radius 2 is 2.06 bits per heavy atom. The van der Waals surface area contributed by atoms with Crippen LogP contribution in [-0.4, -0.2) is 45.2 Å². The normalized spacial score (nSPS) is 34.2. The Balaban J connectivity index is 2.23. The van der Waals surface area contributed by atoms with E-state index in [4.69, 9.17) is 9.84 Å². The van der Waals surface area contributed by atoms with E-state index in [2.05, 4.69) is 20.9 Å². The zero-order valence-corrected chi connectivity index (χ0v) is 9.91. The summed E-state index contributed by atoms with van der Waals surface area (Å²) in [4.78, 5) is 3.96. The highest BCUT2D eigenvalue weighted by molar-refractivity contribution is 9.10. The van der Waals surface area contributed by atoms with E-state index >= 15 is 0 Å². The first-order valence-electron chi connectivity index (χ1n) is 4.86. The Morgan fingerprint density at radius 1 is 1.31 bits per heavy atom. The lowest BCUT2D eigenvalue weighted by atomic mass is 10.0. The number of nitrogens with zero attached hydrogens (tertiary/aromatic N) is 1. The second kappa shape index (κ2) is 4.77. The summed E-state index contributed by atoms with van der Waals surface area (Å²) in [5, 5.41) is 28.3. The highest BCUT2D eigenvalue weighted by Gasteiger charge is 2.43. The lowest BCUT2D eigenvalue weighted by molar-refractivity contribution is -0.0228. The van der Waals surface area contributed by atoms with Gasteiger partial charge in [0.1, 0.15) is 24.4 Å². The molecule has 0 aliphatic carbocycles. The Bertz CT molecular complexity index is 376. The summed E-state index contributed by atoms with van der Waals surface area (Å²) in [5.41, 5.74) is 0.664. The molecule has 1 fully saturated rings. The number of aliphatic hydroxyl groups is 3. The maximum atomic E-state index is 9.77. The maximum absolute atomic E-state index is 9.77. The van der Waals surface area contributed by atoms with E-state index in [1.807, 2.05) is 0 Å². The fourth-order valence-electron chi connectivity index (χ4n) is 1.76. The Hall–Kier alpha value is -0.530. The number of aromatic nitrogens is 1. The first-order valence-corrected chi connectivity index (χ1v) is 5.65. The van der Waals surface area contributed by atoms with E-state index in [-0.39, 0.29) is 6.61 Å². The Kier molecular flexibility index (Phi) is 3.56. The smallest absolute Gasteiger partial charge is 0.113 e. The van der Waals surface area contributed by atoms with E-state index in [0.717, 1.165) is 4.47 Å². The zero-order valence-electron chi connectivity index (χ0n) is 8.32. The van der Waals surface area contributed by atoms with Crippen molar-refractivity contribution in [2.24, 2.45) is 0 Å². The molecule has 1 aromatic heterocycles. The van der Waals surface area contributed by atoms with Gasteiger partial charge in [0.15, 0.2) is 0 Å². The van der Waals surface area contributed by atoms with Gasteiger partial charge in [-0.25, -0.2) is 0 Å². The minimum atomic E-state index is -1.08. The van der Waals surface area contributed by atoms with Crippen LogP contribution in [0.25, 0.3) is 0 Å². The maximum Gasteiger partial charge on any atom is 0.113 e. The van der Waals surface area contributed by atoms with Crippen molar-refractivity contribution in [1.29, 1.82) is 0 Å². The van der Waals surface area contributed by atoms with Crippen molar-refractivity contribution in [3.05, 3.63) is 28.5 Å². The van der Waals surface area contributed by atoms with Crippen molar-refractivity contribution in [3.63, 3.8) is 0 Å². The van der Waals surface area contributed by atoms with Gasteiger partial charge in [0.2, 0.25) is 0 Å². The molecular formula is C10H12BrNO4. The van der Waals surface area contributed by atoms with Crippen molar-refractivity contribution >= 4 is 15.9 Å². The summed E-state index contributed by atoms with van der Waals surface area (Å²) in [7, 11) is 0. The molecule has 4 atom stereocenters. The second-order valence-electron chi connectivity index (χ2n) is 3.70. The first kappa shape index (κ1) is 11.9. The van der Waals surface area contributed by atoms with E-state index in [1.165, 1.54) is 0 Å². The number of halogens is 1. The quantitative estimate of drug-likeness (QED) is 0.714. The fourth-order valence-corrected chi connectivity index (χ4v) is 2.14. The molecule has 0 spiro atoms. The average Bonchev–Trinajstić information content (AvgIpc) is 2.56. The van der Waals surface area contributed by atoms with Gasteiger partial charge in [-0.05, 0) is 22.0 Å². The zero-order chi connectivity index (χ0) is 11.7. The molecule has 5 nitrogen and oxygen atoms in total. The van der Waals surface area contributed by atoms with Crippen molar-refractivity contribution in [2.45, 2.75) is 24.4 Å². The Morgan fingerprint density at radius 3 is 2.62 bits per heavy atom. The van der Waals surface area contributed by atoms with Gasteiger partial charge in [-0.3, -0.25) is 4.98 Å². The lowest BCUT2D eigenvalue weighted by Crippen LogP contribution is -2.32. The summed E-state index contributed by atoms with van der Waals surface area (Å²) in [6.45, 7) is -0.323. The van der Waals surface area contributed by atoms with Gasteiger partial charge in [0, 0.05) is 22.4 Å². The molecule has 2 heterocycles. The fraction of sp³-hybridized carbons (Fsp3) is 0.500. The predicted molar refractivity (Wildman–Crippen MR) is 58.7 cm³/mol. The standard InChI is InChI=1S/C10H12BrNO4/c11-6-1-5(2-12-3-6)10-9(15)8(14)7(4-13)16-10/h1-3,7-10,13-15H,4H2/t7-,8-,9+,10+/m1/s1. The predicted octanol–water partition coefficient (Wildman–Crippen LogP) is -0.00190. The van der Waals surface area contributed by atoms with Crippen molar-refractivity contribution in [1.82, 2.24) is 4.98 Å². The third kappa shape index (κ3) is 2.11. The van der Waals surface area contributed by atoms with Gasteiger partial charge >= 0.3 is 0 Å². The van der Waals surface area contributed by atoms with E-state index < -0.39 is 24.4 Å². The molecular weight excluding hydrogens is 278 g/mol. The molecule has 0 aromatic carbocycles. The molecule has 1 aliphatic rings. The van der Waals surface area contributed by atoms with Crippen LogP contribution in [0.3, 0.4) is 0 Å². The first-order chi connectivity index (χ1) is 7.63. The molecule has 6 heteroatoms. The van der Waals surface area contributed by atoms with Crippen LogP contribution in [0.2, 0.25) is 0 Å². The molecule has 0 amide bonds. The number of rotatable bonds is 2. The van der Waals surface area contributed by atoms with E-state index in [1.54, 1.807) is 18.5 Å². The molecule has 1 saturated heterocycles. The van der Waals surface area contributed by atoms with Crippen LogP contribution in [0.4, 0.5) is 0 Å². The van der Waals surface area contributed by atoms with Crippen LogP contribution in [0.15, 0.2) is 22.9 Å². The Labute approximate surface area is 101 Å². The largest absolute Gasteiger partial charge is 0.394 e. The third-order valence-electron chi connectivity index (χ3n) is 2.60. The summed E-state index contributed by atoms with van der Waals surface area (Å²) in [6.07, 6.45) is -0.353. The molecule has 0 bridgehead atoms. The van der Waals surface area contributed by atoms with Gasteiger partial charge in [0.05, 0.1) is 6.61 Å². The van der Waals surface area contributed by atoms with Crippen LogP contribution in [-0.2, 0) is 4.74 Å². The molecule has 88 valence electrons. The highest BCUT2D eigenvalue weighted by Crippen LogP contribution is 2.33. The van der Waals surface area contributed by atoms with Gasteiger partial charge in [-0.1, -0.05) is 0 Å². The molecule has 2 rings (SSSR count). The molecule has 1 aromatic rings.